The van der Waals surface area contributed by atoms with E-state index in [2.05, 4.69) is 0 Å². The standard InChI is InChI=1S/C35H38F9NO5/c1-19(2)17-45(21(4)32(48)22-12-25(34(39,40)41)15-26(13-22)35(42,43)44)18-23-14-24(33(36,37)38)8-9-27(23)28-16-29(20(3)11-30(28)49-5)50-10-6-7-31(46)47/h8-9,11-16,19,21,32,48H,6-7,10,17-18H2,1-5H3,(H,46,47)/t21-,32-/m0/s1. The van der Waals surface area contributed by atoms with Gasteiger partial charge in [-0.15, -0.1) is 0 Å². The van der Waals surface area contributed by atoms with Crippen LogP contribution in [0.4, 0.5) is 39.5 Å². The maximum Gasteiger partial charge on any atom is 0.416 e. The van der Waals surface area contributed by atoms with Gasteiger partial charge in [0.1, 0.15) is 11.5 Å². The summed E-state index contributed by atoms with van der Waals surface area (Å²) in [5, 5.41) is 20.2. The predicted octanol–water partition coefficient (Wildman–Crippen LogP) is 9.55. The number of aryl methyl sites for hydroxylation is 1. The Kier molecular flexibility index (Phi) is 12.9. The Morgan fingerprint density at radius 3 is 1.88 bits per heavy atom. The van der Waals surface area contributed by atoms with Crippen molar-refractivity contribution >= 4 is 5.97 Å². The van der Waals surface area contributed by atoms with Crippen molar-refractivity contribution in [2.45, 2.75) is 77.8 Å². The van der Waals surface area contributed by atoms with Crippen LogP contribution in [0.1, 0.15) is 73.1 Å². The molecule has 2 N–H and O–H groups in total. The van der Waals surface area contributed by atoms with Gasteiger partial charge in [0.25, 0.3) is 0 Å². The van der Waals surface area contributed by atoms with Crippen LogP contribution in [0.3, 0.4) is 0 Å². The Morgan fingerprint density at radius 2 is 1.38 bits per heavy atom. The van der Waals surface area contributed by atoms with Gasteiger partial charge in [-0.25, -0.2) is 0 Å². The summed E-state index contributed by atoms with van der Waals surface area (Å²) in [6.45, 7) is 6.36. The molecule has 50 heavy (non-hydrogen) atoms. The van der Waals surface area contributed by atoms with Crippen LogP contribution in [0.2, 0.25) is 0 Å². The maximum absolute atomic E-state index is 14.0. The summed E-state index contributed by atoms with van der Waals surface area (Å²) in [4.78, 5) is 12.4. The van der Waals surface area contributed by atoms with E-state index in [4.69, 9.17) is 14.6 Å². The maximum atomic E-state index is 14.0. The van der Waals surface area contributed by atoms with Crippen molar-refractivity contribution in [3.63, 3.8) is 0 Å². The molecule has 0 aliphatic heterocycles. The molecular formula is C35H38F9NO5. The first-order valence-corrected chi connectivity index (χ1v) is 15.5. The molecule has 0 unspecified atom stereocenters. The third-order valence-corrected chi connectivity index (χ3v) is 7.97. The molecule has 0 bridgehead atoms. The van der Waals surface area contributed by atoms with Gasteiger partial charge >= 0.3 is 24.5 Å². The highest BCUT2D eigenvalue weighted by Gasteiger charge is 2.39. The lowest BCUT2D eigenvalue weighted by molar-refractivity contribution is -0.143. The van der Waals surface area contributed by atoms with Crippen molar-refractivity contribution in [3.05, 3.63) is 81.9 Å². The monoisotopic (exact) mass is 723 g/mol. The van der Waals surface area contributed by atoms with E-state index in [0.717, 1.165) is 12.1 Å². The molecule has 0 radical (unpaired) electrons. The lowest BCUT2D eigenvalue weighted by Gasteiger charge is -2.35. The van der Waals surface area contributed by atoms with Gasteiger partial charge in [0.15, 0.2) is 0 Å². The first kappa shape index (κ1) is 40.4. The SMILES string of the molecule is COc1cc(C)c(OCCCC(=O)O)cc1-c1ccc(C(F)(F)F)cc1CN(CC(C)C)[C@@H](C)[C@H](O)c1cc(C(F)(F)F)cc(C(F)(F)F)c1. The van der Waals surface area contributed by atoms with Gasteiger partial charge in [-0.2, -0.15) is 39.5 Å². The van der Waals surface area contributed by atoms with Gasteiger partial charge in [-0.3, -0.25) is 9.69 Å². The Hall–Kier alpha value is -3.98. The van der Waals surface area contributed by atoms with Gasteiger partial charge in [-0.1, -0.05) is 19.9 Å². The second-order valence-corrected chi connectivity index (χ2v) is 12.4. The number of aliphatic hydroxyl groups excluding tert-OH is 1. The molecular weight excluding hydrogens is 685 g/mol. The molecule has 15 heteroatoms. The van der Waals surface area contributed by atoms with Crippen molar-refractivity contribution in [2.75, 3.05) is 20.3 Å². The minimum atomic E-state index is -5.16. The number of alkyl halides is 9. The van der Waals surface area contributed by atoms with Gasteiger partial charge in [0.2, 0.25) is 0 Å². The molecule has 2 atom stereocenters. The van der Waals surface area contributed by atoms with Crippen LogP contribution in [-0.2, 0) is 29.9 Å². The summed E-state index contributed by atoms with van der Waals surface area (Å²) < 4.78 is 135. The number of hydrogen-bond donors (Lipinski definition) is 2. The van der Waals surface area contributed by atoms with Gasteiger partial charge in [-0.05, 0) is 90.9 Å². The van der Waals surface area contributed by atoms with Crippen LogP contribution in [0, 0.1) is 12.8 Å². The average Bonchev–Trinajstić information content (AvgIpc) is 3.00. The fourth-order valence-electron chi connectivity index (χ4n) is 5.46. The molecule has 0 spiro atoms. The Labute approximate surface area is 283 Å². The van der Waals surface area contributed by atoms with Crippen molar-refractivity contribution in [2.24, 2.45) is 5.92 Å². The zero-order chi connectivity index (χ0) is 37.8. The zero-order valence-electron chi connectivity index (χ0n) is 27.9. The molecule has 6 nitrogen and oxygen atoms in total. The quantitative estimate of drug-likeness (QED) is 0.128. The number of nitrogens with zero attached hydrogens (tertiary/aromatic N) is 1. The van der Waals surface area contributed by atoms with Gasteiger partial charge in [0.05, 0.1) is 36.5 Å². The second-order valence-electron chi connectivity index (χ2n) is 12.4. The molecule has 0 fully saturated rings. The molecule has 0 amide bonds. The molecule has 0 aliphatic rings. The summed E-state index contributed by atoms with van der Waals surface area (Å²) in [5.74, 6) is -0.654. The molecule has 0 saturated heterocycles. The molecule has 3 rings (SSSR count). The number of aliphatic hydroxyl groups is 1. The van der Waals surface area contributed by atoms with Crippen LogP contribution in [-0.4, -0.2) is 47.4 Å². The zero-order valence-corrected chi connectivity index (χ0v) is 27.9. The summed E-state index contributed by atoms with van der Waals surface area (Å²) in [5.41, 5.74) is -3.70. The fourth-order valence-corrected chi connectivity index (χ4v) is 5.46. The number of halogens is 9. The number of benzene rings is 3. The van der Waals surface area contributed by atoms with E-state index < -0.39 is 58.9 Å². The smallest absolute Gasteiger partial charge is 0.416 e. The van der Waals surface area contributed by atoms with Crippen LogP contribution < -0.4 is 9.47 Å². The molecule has 0 aromatic heterocycles. The van der Waals surface area contributed by atoms with Crippen LogP contribution >= 0.6 is 0 Å². The number of carbonyl (C=O) groups is 1. The fraction of sp³-hybridized carbons (Fsp3) is 0.457. The van der Waals surface area contributed by atoms with E-state index in [1.807, 2.05) is 0 Å². The topological polar surface area (TPSA) is 79.2 Å². The molecule has 0 heterocycles. The van der Waals surface area contributed by atoms with E-state index >= 15 is 0 Å². The Balaban J connectivity index is 2.16. The molecule has 3 aromatic rings. The summed E-state index contributed by atoms with van der Waals surface area (Å²) >= 11 is 0. The minimum absolute atomic E-state index is 0.0297. The summed E-state index contributed by atoms with van der Waals surface area (Å²) in [6, 6.07) is 5.71. The third kappa shape index (κ3) is 10.5. The number of ether oxygens (including phenoxy) is 2. The highest BCUT2D eigenvalue weighted by molar-refractivity contribution is 5.76. The van der Waals surface area contributed by atoms with Crippen molar-refractivity contribution in [1.82, 2.24) is 4.90 Å². The number of rotatable bonds is 14. The first-order chi connectivity index (χ1) is 23.0. The summed E-state index contributed by atoms with van der Waals surface area (Å²) in [7, 11) is 1.35. The van der Waals surface area contributed by atoms with Gasteiger partial charge in [0, 0.05) is 31.1 Å². The minimum Gasteiger partial charge on any atom is -0.496 e. The highest BCUT2D eigenvalue weighted by atomic mass is 19.4. The molecule has 0 saturated carbocycles. The van der Waals surface area contributed by atoms with Crippen molar-refractivity contribution in [1.29, 1.82) is 0 Å². The third-order valence-electron chi connectivity index (χ3n) is 7.97. The number of aliphatic carboxylic acids is 1. The number of carboxylic acid groups (broad SMARTS) is 1. The molecule has 0 aliphatic carbocycles. The predicted molar refractivity (Wildman–Crippen MR) is 167 cm³/mol. The lowest BCUT2D eigenvalue weighted by Crippen LogP contribution is -2.39. The van der Waals surface area contributed by atoms with E-state index in [1.54, 1.807) is 26.8 Å². The van der Waals surface area contributed by atoms with Crippen LogP contribution in [0.5, 0.6) is 11.5 Å². The Morgan fingerprint density at radius 1 is 0.800 bits per heavy atom. The van der Waals surface area contributed by atoms with Gasteiger partial charge < -0.3 is 19.7 Å². The summed E-state index contributed by atoms with van der Waals surface area (Å²) in [6.07, 6.45) is -17.0. The average molecular weight is 724 g/mol. The number of methoxy groups -OCH3 is 1. The Bertz CT molecular complexity index is 1600. The van der Waals surface area contributed by atoms with E-state index in [9.17, 15) is 49.4 Å². The number of carboxylic acids is 1. The molecule has 276 valence electrons. The van der Waals surface area contributed by atoms with Crippen LogP contribution in [0.25, 0.3) is 11.1 Å². The van der Waals surface area contributed by atoms with E-state index in [-0.39, 0.29) is 61.4 Å². The van der Waals surface area contributed by atoms with Crippen molar-refractivity contribution in [3.8, 4) is 22.6 Å². The van der Waals surface area contributed by atoms with E-state index in [0.29, 0.717) is 29.0 Å². The normalized spacial score (nSPS) is 13.9. The van der Waals surface area contributed by atoms with E-state index in [1.165, 1.54) is 31.1 Å². The first-order valence-electron chi connectivity index (χ1n) is 15.5. The molecule has 3 aromatic carbocycles. The second kappa shape index (κ2) is 15.9. The highest BCUT2D eigenvalue weighted by Crippen LogP contribution is 2.42. The van der Waals surface area contributed by atoms with Crippen LogP contribution in [0.15, 0.2) is 48.5 Å². The lowest BCUT2D eigenvalue weighted by atomic mass is 9.93. The largest absolute Gasteiger partial charge is 0.496 e. The number of hydrogen-bond acceptors (Lipinski definition) is 5. The van der Waals surface area contributed by atoms with Crippen molar-refractivity contribution < 1.29 is 64.0 Å².